The summed E-state index contributed by atoms with van der Waals surface area (Å²) in [5.41, 5.74) is 0.978. The van der Waals surface area contributed by atoms with Gasteiger partial charge in [0, 0.05) is 18.1 Å². The molecule has 0 radical (unpaired) electrons. The van der Waals surface area contributed by atoms with Crippen molar-refractivity contribution < 1.29 is 9.90 Å². The van der Waals surface area contributed by atoms with Gasteiger partial charge in [-0.3, -0.25) is 4.68 Å². The third kappa shape index (κ3) is 2.89. The second-order valence-electron chi connectivity index (χ2n) is 4.84. The molecule has 2 aromatic rings. The van der Waals surface area contributed by atoms with Crippen LogP contribution in [0.1, 0.15) is 30.6 Å². The number of carboxylic acids is 1. The first-order chi connectivity index (χ1) is 9.00. The van der Waals surface area contributed by atoms with E-state index in [0.29, 0.717) is 5.92 Å². The van der Waals surface area contributed by atoms with Crippen molar-refractivity contribution in [2.45, 2.75) is 25.2 Å². The Morgan fingerprint density at radius 1 is 1.47 bits per heavy atom. The van der Waals surface area contributed by atoms with E-state index in [1.807, 2.05) is 0 Å². The molecular formula is C13H17N3O2S. The van der Waals surface area contributed by atoms with Crippen molar-refractivity contribution >= 4 is 28.8 Å². The van der Waals surface area contributed by atoms with Crippen molar-refractivity contribution in [2.75, 3.05) is 5.75 Å². The van der Waals surface area contributed by atoms with Crippen molar-refractivity contribution in [3.05, 3.63) is 18.0 Å². The summed E-state index contributed by atoms with van der Waals surface area (Å²) in [6.45, 7) is 4.32. The largest absolute Gasteiger partial charge is 0.478 e. The monoisotopic (exact) mass is 279 g/mol. The number of rotatable bonds is 5. The topological polar surface area (TPSA) is 68.0 Å². The van der Waals surface area contributed by atoms with Gasteiger partial charge < -0.3 is 5.11 Å². The average molecular weight is 279 g/mol. The van der Waals surface area contributed by atoms with Crippen LogP contribution in [0.3, 0.4) is 0 Å². The molecular weight excluding hydrogens is 262 g/mol. The Bertz CT molecular complexity index is 607. The van der Waals surface area contributed by atoms with Crippen LogP contribution >= 0.6 is 11.8 Å². The zero-order valence-electron chi connectivity index (χ0n) is 11.3. The minimum Gasteiger partial charge on any atom is -0.478 e. The summed E-state index contributed by atoms with van der Waals surface area (Å²) in [5, 5.41) is 14.2. The third-order valence-corrected chi connectivity index (χ3v) is 4.05. The summed E-state index contributed by atoms with van der Waals surface area (Å²) < 4.78 is 1.66. The third-order valence-electron chi connectivity index (χ3n) is 2.88. The fourth-order valence-corrected chi connectivity index (χ4v) is 3.17. The van der Waals surface area contributed by atoms with Gasteiger partial charge in [-0.25, -0.2) is 9.78 Å². The van der Waals surface area contributed by atoms with E-state index in [-0.39, 0.29) is 5.56 Å². The number of fused-ring (bicyclic) bond motifs is 1. The second kappa shape index (κ2) is 5.61. The second-order valence-corrected chi connectivity index (χ2v) is 5.95. The standard InChI is InChI=1S/C13H17N3O2S/c1-8(2)4-5-19-11-9-7-15-16(3)12(9)14-6-10(11)13(17)18/h6-8H,4-5H2,1-3H3,(H,17,18). The molecule has 0 unspecified atom stereocenters. The summed E-state index contributed by atoms with van der Waals surface area (Å²) in [6, 6.07) is 0. The minimum atomic E-state index is -0.940. The number of carboxylic acid groups (broad SMARTS) is 1. The van der Waals surface area contributed by atoms with Gasteiger partial charge in [0.25, 0.3) is 0 Å². The van der Waals surface area contributed by atoms with Crippen LogP contribution in [0.2, 0.25) is 0 Å². The lowest BCUT2D eigenvalue weighted by molar-refractivity contribution is 0.0693. The fourth-order valence-electron chi connectivity index (χ4n) is 1.78. The molecule has 0 aliphatic carbocycles. The lowest BCUT2D eigenvalue weighted by atomic mass is 10.2. The molecule has 2 aromatic heterocycles. The predicted octanol–water partition coefficient (Wildman–Crippen LogP) is 2.80. The lowest BCUT2D eigenvalue weighted by Gasteiger charge is -2.08. The van der Waals surface area contributed by atoms with Crippen LogP contribution in [0.5, 0.6) is 0 Å². The number of hydrogen-bond donors (Lipinski definition) is 1. The zero-order valence-corrected chi connectivity index (χ0v) is 12.1. The number of aromatic carboxylic acids is 1. The first-order valence-electron chi connectivity index (χ1n) is 6.17. The van der Waals surface area contributed by atoms with Gasteiger partial charge in [-0.2, -0.15) is 5.10 Å². The van der Waals surface area contributed by atoms with Crippen molar-refractivity contribution in [3.8, 4) is 0 Å². The Kier molecular flexibility index (Phi) is 4.09. The Morgan fingerprint density at radius 2 is 2.21 bits per heavy atom. The maximum atomic E-state index is 11.3. The molecule has 102 valence electrons. The normalized spacial score (nSPS) is 11.4. The lowest BCUT2D eigenvalue weighted by Crippen LogP contribution is -2.02. The highest BCUT2D eigenvalue weighted by atomic mass is 32.2. The van der Waals surface area contributed by atoms with Crippen LogP contribution in [-0.2, 0) is 7.05 Å². The van der Waals surface area contributed by atoms with E-state index in [1.165, 1.54) is 6.20 Å². The van der Waals surface area contributed by atoms with Crippen molar-refractivity contribution in [1.29, 1.82) is 0 Å². The van der Waals surface area contributed by atoms with Crippen LogP contribution in [0, 0.1) is 5.92 Å². The first kappa shape index (κ1) is 13.9. The Morgan fingerprint density at radius 3 is 2.84 bits per heavy atom. The molecule has 5 nitrogen and oxygen atoms in total. The maximum absolute atomic E-state index is 11.3. The molecule has 0 fully saturated rings. The van der Waals surface area contributed by atoms with Crippen LogP contribution in [-0.4, -0.2) is 31.6 Å². The van der Waals surface area contributed by atoms with E-state index in [9.17, 15) is 9.90 Å². The van der Waals surface area contributed by atoms with Gasteiger partial charge in [-0.05, 0) is 18.1 Å². The number of hydrogen-bond acceptors (Lipinski definition) is 4. The van der Waals surface area contributed by atoms with Crippen LogP contribution in [0.15, 0.2) is 17.3 Å². The molecule has 0 amide bonds. The predicted molar refractivity (Wildman–Crippen MR) is 75.6 cm³/mol. The summed E-state index contributed by atoms with van der Waals surface area (Å²) in [6.07, 6.45) is 4.16. The Labute approximate surface area is 116 Å². The molecule has 0 saturated heterocycles. The van der Waals surface area contributed by atoms with Gasteiger partial charge in [0.2, 0.25) is 0 Å². The highest BCUT2D eigenvalue weighted by Gasteiger charge is 2.17. The molecule has 2 heterocycles. The number of pyridine rings is 1. The number of aromatic nitrogens is 3. The highest BCUT2D eigenvalue weighted by molar-refractivity contribution is 7.99. The van der Waals surface area contributed by atoms with E-state index in [4.69, 9.17) is 0 Å². The van der Waals surface area contributed by atoms with E-state index in [1.54, 1.807) is 29.7 Å². The SMILES string of the molecule is CC(C)CCSc1c(C(=O)O)cnc2c1cnn2C. The molecule has 19 heavy (non-hydrogen) atoms. The van der Waals surface area contributed by atoms with Crippen LogP contribution in [0.25, 0.3) is 11.0 Å². The van der Waals surface area contributed by atoms with E-state index in [0.717, 1.165) is 28.1 Å². The molecule has 0 saturated carbocycles. The Balaban J connectivity index is 2.41. The highest BCUT2D eigenvalue weighted by Crippen LogP contribution is 2.31. The van der Waals surface area contributed by atoms with Crippen molar-refractivity contribution in [3.63, 3.8) is 0 Å². The minimum absolute atomic E-state index is 0.259. The van der Waals surface area contributed by atoms with E-state index in [2.05, 4.69) is 23.9 Å². The first-order valence-corrected chi connectivity index (χ1v) is 7.16. The fraction of sp³-hybridized carbons (Fsp3) is 0.462. The molecule has 0 bridgehead atoms. The van der Waals surface area contributed by atoms with Gasteiger partial charge in [-0.1, -0.05) is 13.8 Å². The summed E-state index contributed by atoms with van der Waals surface area (Å²) in [5.74, 6) is 0.559. The van der Waals surface area contributed by atoms with Gasteiger partial charge >= 0.3 is 5.97 Å². The maximum Gasteiger partial charge on any atom is 0.338 e. The molecule has 0 aliphatic heterocycles. The van der Waals surface area contributed by atoms with Crippen LogP contribution < -0.4 is 0 Å². The summed E-state index contributed by atoms with van der Waals surface area (Å²) in [4.78, 5) is 16.2. The number of carbonyl (C=O) groups is 1. The molecule has 6 heteroatoms. The van der Waals surface area contributed by atoms with Gasteiger partial charge in [0.05, 0.1) is 17.1 Å². The molecule has 1 N–H and O–H groups in total. The molecule has 2 rings (SSSR count). The zero-order chi connectivity index (χ0) is 14.0. The van der Waals surface area contributed by atoms with E-state index >= 15 is 0 Å². The number of thioether (sulfide) groups is 1. The summed E-state index contributed by atoms with van der Waals surface area (Å²) in [7, 11) is 1.80. The molecule has 0 atom stereocenters. The number of aryl methyl sites for hydroxylation is 1. The quantitative estimate of drug-likeness (QED) is 0.852. The molecule has 0 spiro atoms. The van der Waals surface area contributed by atoms with Gasteiger partial charge in [-0.15, -0.1) is 11.8 Å². The van der Waals surface area contributed by atoms with E-state index < -0.39 is 5.97 Å². The number of nitrogens with zero attached hydrogens (tertiary/aromatic N) is 3. The van der Waals surface area contributed by atoms with Crippen molar-refractivity contribution in [1.82, 2.24) is 14.8 Å². The Hall–Kier alpha value is -1.56. The molecule has 0 aliphatic rings. The van der Waals surface area contributed by atoms with Gasteiger partial charge in [0.1, 0.15) is 0 Å². The summed E-state index contributed by atoms with van der Waals surface area (Å²) >= 11 is 1.57. The molecule has 0 aromatic carbocycles. The smallest absolute Gasteiger partial charge is 0.338 e. The van der Waals surface area contributed by atoms with Crippen LogP contribution in [0.4, 0.5) is 0 Å². The van der Waals surface area contributed by atoms with Gasteiger partial charge in [0.15, 0.2) is 5.65 Å². The van der Waals surface area contributed by atoms with Crippen molar-refractivity contribution in [2.24, 2.45) is 13.0 Å². The average Bonchev–Trinajstić information content (AvgIpc) is 2.71.